The van der Waals surface area contributed by atoms with Gasteiger partial charge in [0.05, 0.1) is 50.1 Å². The van der Waals surface area contributed by atoms with Crippen molar-refractivity contribution in [2.24, 2.45) is 17.8 Å². The molecule has 4 aromatic rings. The van der Waals surface area contributed by atoms with E-state index in [1.807, 2.05) is 36.0 Å². The average molecular weight is 763 g/mol. The molecule has 8 unspecified atom stereocenters. The minimum atomic E-state index is -0.700. The Morgan fingerprint density at radius 3 is 1.52 bits per heavy atom. The third-order valence-electron chi connectivity index (χ3n) is 12.4. The Balaban J connectivity index is 0.946. The molecule has 8 atom stereocenters. The Labute approximate surface area is 326 Å². The van der Waals surface area contributed by atoms with Crippen LogP contribution in [0.2, 0.25) is 0 Å². The van der Waals surface area contributed by atoms with Crippen LogP contribution in [0.25, 0.3) is 33.6 Å². The first kappa shape index (κ1) is 37.3. The number of amides is 4. The maximum Gasteiger partial charge on any atom is 0.407 e. The van der Waals surface area contributed by atoms with Crippen LogP contribution in [0.1, 0.15) is 83.0 Å². The molecule has 4 bridgehead atoms. The molecule has 294 valence electrons. The van der Waals surface area contributed by atoms with Crippen molar-refractivity contribution in [3.8, 4) is 33.6 Å². The van der Waals surface area contributed by atoms with Crippen molar-refractivity contribution in [2.45, 2.75) is 95.5 Å². The van der Waals surface area contributed by atoms with Gasteiger partial charge >= 0.3 is 12.2 Å². The monoisotopic (exact) mass is 762 g/mol. The van der Waals surface area contributed by atoms with E-state index in [4.69, 9.17) is 19.4 Å². The maximum atomic E-state index is 13.9. The van der Waals surface area contributed by atoms with Gasteiger partial charge in [0.15, 0.2) is 0 Å². The summed E-state index contributed by atoms with van der Waals surface area (Å²) < 4.78 is 9.52. The number of aromatic nitrogens is 4. The number of nitrogens with zero attached hydrogens (tertiary/aromatic N) is 4. The minimum Gasteiger partial charge on any atom is -0.453 e. The lowest BCUT2D eigenvalue weighted by Gasteiger charge is -2.37. The number of benzene rings is 2. The molecule has 2 aromatic carbocycles. The average Bonchev–Trinajstić information content (AvgIpc) is 4.08. The van der Waals surface area contributed by atoms with Gasteiger partial charge in [-0.15, -0.1) is 0 Å². The predicted octanol–water partition coefficient (Wildman–Crippen LogP) is 6.36. The Bertz CT molecular complexity index is 2090. The smallest absolute Gasteiger partial charge is 0.407 e. The summed E-state index contributed by atoms with van der Waals surface area (Å²) >= 11 is 0. The van der Waals surface area contributed by atoms with Gasteiger partial charge in [-0.2, -0.15) is 0 Å². The second-order valence-electron chi connectivity index (χ2n) is 16.1. The number of hydrogen-bond donors (Lipinski definition) is 4. The summed E-state index contributed by atoms with van der Waals surface area (Å²) in [4.78, 5) is 71.7. The molecule has 0 radical (unpaired) electrons. The molecule has 4 aliphatic rings. The van der Waals surface area contributed by atoms with E-state index >= 15 is 0 Å². The van der Waals surface area contributed by atoms with E-state index in [1.165, 1.54) is 14.2 Å². The lowest BCUT2D eigenvalue weighted by Crippen LogP contribution is -2.54. The van der Waals surface area contributed by atoms with Crippen molar-refractivity contribution in [1.82, 2.24) is 40.4 Å². The zero-order valence-corrected chi connectivity index (χ0v) is 32.5. The predicted molar refractivity (Wildman–Crippen MR) is 208 cm³/mol. The number of hydrogen-bond acceptors (Lipinski definition) is 8. The first-order valence-electron chi connectivity index (χ1n) is 19.7. The molecule has 4 N–H and O–H groups in total. The van der Waals surface area contributed by atoms with Crippen LogP contribution in [-0.4, -0.2) is 92.1 Å². The van der Waals surface area contributed by atoms with Crippen LogP contribution in [-0.2, 0) is 19.1 Å². The van der Waals surface area contributed by atoms with Gasteiger partial charge in [0, 0.05) is 12.1 Å². The fraction of sp³-hybridized carbons (Fsp3) is 0.476. The van der Waals surface area contributed by atoms with Crippen LogP contribution in [0.15, 0.2) is 60.9 Å². The number of piperidine rings is 2. The lowest BCUT2D eigenvalue weighted by molar-refractivity contribution is -0.139. The van der Waals surface area contributed by atoms with E-state index in [0.29, 0.717) is 11.8 Å². The van der Waals surface area contributed by atoms with Crippen molar-refractivity contribution < 1.29 is 28.7 Å². The highest BCUT2D eigenvalue weighted by atomic mass is 16.5. The molecule has 2 aliphatic heterocycles. The second kappa shape index (κ2) is 15.1. The van der Waals surface area contributed by atoms with E-state index in [2.05, 4.69) is 69.1 Å². The molecular weight excluding hydrogens is 713 g/mol. The first-order chi connectivity index (χ1) is 27.0. The van der Waals surface area contributed by atoms with Crippen LogP contribution in [0, 0.1) is 17.8 Å². The van der Waals surface area contributed by atoms with Gasteiger partial charge in [-0.05, 0) is 85.5 Å². The van der Waals surface area contributed by atoms with Gasteiger partial charge in [0.1, 0.15) is 23.7 Å². The highest BCUT2D eigenvalue weighted by molar-refractivity contribution is 5.87. The summed E-state index contributed by atoms with van der Waals surface area (Å²) in [6, 6.07) is 15.2. The molecular formula is C42H50N8O6. The molecule has 8 rings (SSSR count). The molecule has 4 heterocycles. The number of rotatable bonds is 10. The summed E-state index contributed by atoms with van der Waals surface area (Å²) in [7, 11) is 2.59. The lowest BCUT2D eigenvalue weighted by atomic mass is 9.95. The Morgan fingerprint density at radius 1 is 0.643 bits per heavy atom. The molecule has 2 aliphatic carbocycles. The van der Waals surface area contributed by atoms with Gasteiger partial charge in [0.2, 0.25) is 11.8 Å². The number of fused-ring (bicyclic) bond motifs is 4. The van der Waals surface area contributed by atoms with Gasteiger partial charge in [-0.1, -0.05) is 62.4 Å². The van der Waals surface area contributed by atoms with E-state index in [1.54, 1.807) is 6.92 Å². The Hall–Kier alpha value is -5.66. The standard InChI is InChI=1S/C42H50N8O6/c1-22(2)34(48-42(54)56-5)40(52)50-31-17-15-29(19-31)36(50)38-44-21-33(47-38)27-12-8-25(9-13-27)24-6-10-26(11-7-24)32-20-43-37(46-32)35-28-14-16-30(18-28)49(35)39(51)23(3)45-41(53)55-4/h6-13,20-23,28-31,34-36H,14-19H2,1-5H3,(H,43,46)(H,44,47)(H,45,53)(H,48,54). The topological polar surface area (TPSA) is 175 Å². The zero-order valence-electron chi connectivity index (χ0n) is 32.5. The van der Waals surface area contributed by atoms with Crippen LogP contribution in [0.3, 0.4) is 0 Å². The summed E-state index contributed by atoms with van der Waals surface area (Å²) in [5.74, 6) is 1.86. The second-order valence-corrected chi connectivity index (χ2v) is 16.1. The Morgan fingerprint density at radius 2 is 1.07 bits per heavy atom. The SMILES string of the molecule is COC(=O)NC(C)C(=O)N1C2CCC(C2)C1c1ncc(-c2ccc(-c3ccc(-c4cnc(C5C6CCC(C6)N5C(=O)C(NC(=O)OC)C(C)C)[nH]4)cc3)cc2)[nH]1. The summed E-state index contributed by atoms with van der Waals surface area (Å²) in [5.41, 5.74) is 5.88. The molecule has 14 heteroatoms. The number of carbonyl (C=O) groups excluding carboxylic acids is 4. The molecule has 56 heavy (non-hydrogen) atoms. The summed E-state index contributed by atoms with van der Waals surface area (Å²) in [6.45, 7) is 5.54. The number of alkyl carbamates (subject to hydrolysis) is 2. The van der Waals surface area contributed by atoms with Crippen molar-refractivity contribution >= 4 is 24.0 Å². The van der Waals surface area contributed by atoms with Gasteiger partial charge < -0.3 is 39.9 Å². The molecule has 0 spiro atoms. The number of likely N-dealkylation sites (tertiary alicyclic amines) is 2. The molecule has 2 aromatic heterocycles. The fourth-order valence-corrected chi connectivity index (χ4v) is 9.65. The van der Waals surface area contributed by atoms with E-state index in [-0.39, 0.29) is 41.9 Å². The number of aromatic amines is 2. The largest absolute Gasteiger partial charge is 0.453 e. The molecule has 4 amide bonds. The van der Waals surface area contributed by atoms with Crippen LogP contribution in [0.5, 0.6) is 0 Å². The van der Waals surface area contributed by atoms with Gasteiger partial charge in [0.25, 0.3) is 0 Å². The number of imidazole rings is 2. The number of carbonyl (C=O) groups is 4. The Kier molecular flexibility index (Phi) is 10.1. The number of methoxy groups -OCH3 is 2. The third-order valence-corrected chi connectivity index (χ3v) is 12.4. The highest BCUT2D eigenvalue weighted by Gasteiger charge is 2.52. The van der Waals surface area contributed by atoms with Crippen LogP contribution < -0.4 is 10.6 Å². The zero-order chi connectivity index (χ0) is 39.2. The fourth-order valence-electron chi connectivity index (χ4n) is 9.65. The van der Waals surface area contributed by atoms with Crippen LogP contribution >= 0.6 is 0 Å². The summed E-state index contributed by atoms with van der Waals surface area (Å²) in [6.07, 6.45) is 8.29. The quantitative estimate of drug-likeness (QED) is 0.144. The molecule has 2 saturated heterocycles. The first-order valence-corrected chi connectivity index (χ1v) is 19.7. The number of nitrogens with one attached hydrogen (secondary N) is 4. The highest BCUT2D eigenvalue weighted by Crippen LogP contribution is 2.51. The van der Waals surface area contributed by atoms with E-state index in [9.17, 15) is 19.2 Å². The maximum absolute atomic E-state index is 13.9. The van der Waals surface area contributed by atoms with Crippen molar-refractivity contribution in [3.63, 3.8) is 0 Å². The van der Waals surface area contributed by atoms with E-state index in [0.717, 1.165) is 83.8 Å². The van der Waals surface area contributed by atoms with Gasteiger partial charge in [-0.25, -0.2) is 19.6 Å². The van der Waals surface area contributed by atoms with Crippen molar-refractivity contribution in [2.75, 3.05) is 14.2 Å². The molecule has 2 saturated carbocycles. The van der Waals surface area contributed by atoms with E-state index < -0.39 is 24.3 Å². The molecule has 14 nitrogen and oxygen atoms in total. The molecule has 4 fully saturated rings. The van der Waals surface area contributed by atoms with Crippen LogP contribution in [0.4, 0.5) is 9.59 Å². The number of H-pyrrole nitrogens is 2. The van der Waals surface area contributed by atoms with Gasteiger partial charge in [-0.3, -0.25) is 9.59 Å². The number of ether oxygens (including phenoxy) is 2. The third kappa shape index (κ3) is 6.79. The van der Waals surface area contributed by atoms with Crippen molar-refractivity contribution in [3.05, 3.63) is 72.6 Å². The van der Waals surface area contributed by atoms with Crippen molar-refractivity contribution in [1.29, 1.82) is 0 Å². The summed E-state index contributed by atoms with van der Waals surface area (Å²) in [5, 5.41) is 5.37. The minimum absolute atomic E-state index is 0.0934. The normalized spacial score (nSPS) is 24.7.